The number of nitrogens with two attached hydrogens (primary N) is 1. The summed E-state index contributed by atoms with van der Waals surface area (Å²) in [5, 5.41) is 0.933. The Bertz CT molecular complexity index is 679. The number of hydrogen-bond acceptors (Lipinski definition) is 5. The molecular formula is C16H20N2O2S. The van der Waals surface area contributed by atoms with Gasteiger partial charge in [-0.2, -0.15) is 0 Å². The van der Waals surface area contributed by atoms with Crippen LogP contribution in [0.1, 0.15) is 36.0 Å². The summed E-state index contributed by atoms with van der Waals surface area (Å²) in [5.74, 6) is 1.78. The zero-order chi connectivity index (χ0) is 15.1. The number of aromatic nitrogens is 1. The van der Waals surface area contributed by atoms with Crippen LogP contribution in [0.2, 0.25) is 0 Å². The summed E-state index contributed by atoms with van der Waals surface area (Å²) in [7, 11) is 1.69. The molecule has 2 N–H and O–H groups in total. The third-order valence-electron chi connectivity index (χ3n) is 3.69. The van der Waals surface area contributed by atoms with Crippen molar-refractivity contribution in [3.8, 4) is 22.1 Å². The Labute approximate surface area is 128 Å². The molecule has 1 aromatic carbocycles. The van der Waals surface area contributed by atoms with E-state index in [0.717, 1.165) is 39.1 Å². The number of hydrogen-bond donors (Lipinski definition) is 1. The minimum atomic E-state index is -0.00653. The van der Waals surface area contributed by atoms with Gasteiger partial charge in [0.2, 0.25) is 0 Å². The second-order valence-electron chi connectivity index (χ2n) is 5.55. The summed E-state index contributed by atoms with van der Waals surface area (Å²) in [6, 6.07) is 4.10. The largest absolute Gasteiger partial charge is 0.496 e. The van der Waals surface area contributed by atoms with Crippen LogP contribution in [-0.2, 0) is 6.42 Å². The lowest BCUT2D eigenvalue weighted by Gasteiger charge is -2.09. The van der Waals surface area contributed by atoms with Crippen molar-refractivity contribution in [2.75, 3.05) is 7.11 Å². The summed E-state index contributed by atoms with van der Waals surface area (Å²) in [4.78, 5) is 5.77. The fourth-order valence-corrected chi connectivity index (χ4v) is 3.76. The first kappa shape index (κ1) is 14.4. The van der Waals surface area contributed by atoms with E-state index in [2.05, 4.69) is 18.0 Å². The standard InChI is InChI=1S/C16H20N2O2S/c1-8-5-11-6-14(19-4)12(7-13(11)20-8)16-18-10(3)15(21-16)9(2)17/h6-9H,5,17H2,1-4H3. The van der Waals surface area contributed by atoms with E-state index in [1.165, 1.54) is 5.56 Å². The first-order valence-corrected chi connectivity index (χ1v) is 7.92. The molecule has 112 valence electrons. The topological polar surface area (TPSA) is 57.4 Å². The van der Waals surface area contributed by atoms with Gasteiger partial charge in [-0.1, -0.05) is 0 Å². The molecule has 3 rings (SSSR count). The Balaban J connectivity index is 2.10. The van der Waals surface area contributed by atoms with Crippen LogP contribution in [-0.4, -0.2) is 18.2 Å². The molecule has 1 aliphatic heterocycles. The Hall–Kier alpha value is -1.59. The maximum atomic E-state index is 6.00. The molecule has 4 nitrogen and oxygen atoms in total. The van der Waals surface area contributed by atoms with Crippen LogP contribution >= 0.6 is 11.3 Å². The highest BCUT2D eigenvalue weighted by atomic mass is 32.1. The van der Waals surface area contributed by atoms with Crippen molar-refractivity contribution >= 4 is 11.3 Å². The number of nitrogens with zero attached hydrogens (tertiary/aromatic N) is 1. The molecule has 1 aliphatic rings. The van der Waals surface area contributed by atoms with Crippen molar-refractivity contribution in [3.63, 3.8) is 0 Å². The first-order chi connectivity index (χ1) is 9.99. The van der Waals surface area contributed by atoms with Crippen LogP contribution in [0.25, 0.3) is 10.6 Å². The summed E-state index contributed by atoms with van der Waals surface area (Å²) in [6.45, 7) is 6.06. The number of benzene rings is 1. The molecule has 1 aromatic heterocycles. The third kappa shape index (κ3) is 2.51. The van der Waals surface area contributed by atoms with Crippen LogP contribution in [0.3, 0.4) is 0 Å². The third-order valence-corrected chi connectivity index (χ3v) is 5.09. The fraction of sp³-hybridized carbons (Fsp3) is 0.438. The van der Waals surface area contributed by atoms with Crippen molar-refractivity contribution < 1.29 is 9.47 Å². The molecule has 2 aromatic rings. The van der Waals surface area contributed by atoms with Gasteiger partial charge in [0.05, 0.1) is 18.4 Å². The van der Waals surface area contributed by atoms with Gasteiger partial charge in [-0.15, -0.1) is 11.3 Å². The molecule has 2 atom stereocenters. The van der Waals surface area contributed by atoms with Gasteiger partial charge in [-0.25, -0.2) is 4.98 Å². The zero-order valence-electron chi connectivity index (χ0n) is 12.8. The lowest BCUT2D eigenvalue weighted by Crippen LogP contribution is -2.05. The van der Waals surface area contributed by atoms with Crippen LogP contribution in [0, 0.1) is 6.92 Å². The molecule has 0 saturated carbocycles. The molecule has 0 spiro atoms. The number of ether oxygens (including phenoxy) is 2. The number of aryl methyl sites for hydroxylation is 1. The predicted molar refractivity (Wildman–Crippen MR) is 85.2 cm³/mol. The van der Waals surface area contributed by atoms with Gasteiger partial charge >= 0.3 is 0 Å². The molecular weight excluding hydrogens is 284 g/mol. The van der Waals surface area contributed by atoms with Crippen LogP contribution in [0.4, 0.5) is 0 Å². The molecule has 0 saturated heterocycles. The average molecular weight is 304 g/mol. The Kier molecular flexibility index (Phi) is 3.63. The summed E-state index contributed by atoms with van der Waals surface area (Å²) in [6.07, 6.45) is 1.14. The number of methoxy groups -OCH3 is 1. The molecule has 0 fully saturated rings. The predicted octanol–water partition coefficient (Wildman–Crippen LogP) is 3.47. The highest BCUT2D eigenvalue weighted by Crippen LogP contribution is 2.42. The second-order valence-corrected chi connectivity index (χ2v) is 6.58. The van der Waals surface area contributed by atoms with E-state index in [1.54, 1.807) is 18.4 Å². The normalized spacial score (nSPS) is 18.2. The van der Waals surface area contributed by atoms with Crippen LogP contribution in [0.5, 0.6) is 11.5 Å². The molecule has 0 amide bonds. The van der Waals surface area contributed by atoms with Crippen molar-refractivity contribution in [2.24, 2.45) is 5.73 Å². The summed E-state index contributed by atoms with van der Waals surface area (Å²) in [5.41, 5.74) is 9.16. The smallest absolute Gasteiger partial charge is 0.129 e. The van der Waals surface area contributed by atoms with Crippen molar-refractivity contribution in [1.82, 2.24) is 4.98 Å². The molecule has 0 radical (unpaired) electrons. The Morgan fingerprint density at radius 2 is 2.24 bits per heavy atom. The molecule has 2 unspecified atom stereocenters. The number of rotatable bonds is 3. The van der Waals surface area contributed by atoms with Gasteiger partial charge in [0.15, 0.2) is 0 Å². The fourth-order valence-electron chi connectivity index (χ4n) is 2.72. The van der Waals surface area contributed by atoms with E-state index in [9.17, 15) is 0 Å². The molecule has 0 bridgehead atoms. The molecule has 21 heavy (non-hydrogen) atoms. The molecule has 5 heteroatoms. The Morgan fingerprint density at radius 3 is 2.86 bits per heavy atom. The van der Waals surface area contributed by atoms with Gasteiger partial charge < -0.3 is 15.2 Å². The maximum absolute atomic E-state index is 6.00. The lowest BCUT2D eigenvalue weighted by atomic mass is 10.1. The van der Waals surface area contributed by atoms with Gasteiger partial charge in [0.1, 0.15) is 22.6 Å². The molecule has 2 heterocycles. The quantitative estimate of drug-likeness (QED) is 0.943. The van der Waals surface area contributed by atoms with Gasteiger partial charge in [0, 0.05) is 22.9 Å². The van der Waals surface area contributed by atoms with E-state index < -0.39 is 0 Å². The van der Waals surface area contributed by atoms with Crippen molar-refractivity contribution in [2.45, 2.75) is 39.3 Å². The van der Waals surface area contributed by atoms with E-state index >= 15 is 0 Å². The van der Waals surface area contributed by atoms with Crippen LogP contribution in [0.15, 0.2) is 12.1 Å². The first-order valence-electron chi connectivity index (χ1n) is 7.10. The lowest BCUT2D eigenvalue weighted by molar-refractivity contribution is 0.254. The molecule has 0 aliphatic carbocycles. The summed E-state index contributed by atoms with van der Waals surface area (Å²) >= 11 is 1.62. The van der Waals surface area contributed by atoms with E-state index in [1.807, 2.05) is 19.9 Å². The number of fused-ring (bicyclic) bond motifs is 1. The minimum Gasteiger partial charge on any atom is -0.496 e. The van der Waals surface area contributed by atoms with Gasteiger partial charge in [-0.3, -0.25) is 0 Å². The van der Waals surface area contributed by atoms with E-state index in [4.69, 9.17) is 15.2 Å². The minimum absolute atomic E-state index is 0.00653. The van der Waals surface area contributed by atoms with Crippen molar-refractivity contribution in [3.05, 3.63) is 28.3 Å². The maximum Gasteiger partial charge on any atom is 0.129 e. The average Bonchev–Trinajstić information content (AvgIpc) is 2.98. The van der Waals surface area contributed by atoms with Crippen LogP contribution < -0.4 is 15.2 Å². The SMILES string of the molecule is COc1cc2c(cc1-c1nc(C)c(C(C)N)s1)OC(C)C2. The van der Waals surface area contributed by atoms with Gasteiger partial charge in [0.25, 0.3) is 0 Å². The number of thiazole rings is 1. The van der Waals surface area contributed by atoms with E-state index in [-0.39, 0.29) is 12.1 Å². The monoisotopic (exact) mass is 304 g/mol. The van der Waals surface area contributed by atoms with Crippen molar-refractivity contribution in [1.29, 1.82) is 0 Å². The summed E-state index contributed by atoms with van der Waals surface area (Å²) < 4.78 is 11.4. The highest BCUT2D eigenvalue weighted by Gasteiger charge is 2.24. The highest BCUT2D eigenvalue weighted by molar-refractivity contribution is 7.15. The Morgan fingerprint density at radius 1 is 1.48 bits per heavy atom. The zero-order valence-corrected chi connectivity index (χ0v) is 13.6. The van der Waals surface area contributed by atoms with Gasteiger partial charge in [-0.05, 0) is 32.9 Å². The second kappa shape index (κ2) is 5.31. The van der Waals surface area contributed by atoms with E-state index in [0.29, 0.717) is 0 Å².